The zero-order chi connectivity index (χ0) is 23.3. The Balaban J connectivity index is 1.49. The first kappa shape index (κ1) is 22.4. The maximum atomic E-state index is 13.3. The molecule has 174 valence electrons. The van der Waals surface area contributed by atoms with Gasteiger partial charge >= 0.3 is 0 Å². The number of hydrogen-bond donors (Lipinski definition) is 1. The number of halogens is 1. The topological polar surface area (TPSA) is 92.5 Å². The summed E-state index contributed by atoms with van der Waals surface area (Å²) in [4.78, 5) is 11.3. The normalized spacial score (nSPS) is 25.3. The van der Waals surface area contributed by atoms with E-state index in [1.165, 1.54) is 6.07 Å². The fourth-order valence-electron chi connectivity index (χ4n) is 5.30. The Hall–Kier alpha value is -2.42. The van der Waals surface area contributed by atoms with E-state index in [1.807, 2.05) is 18.2 Å². The molecular weight excluding hydrogens is 462 g/mol. The van der Waals surface area contributed by atoms with Gasteiger partial charge in [0.15, 0.2) is 0 Å². The quantitative estimate of drug-likeness (QED) is 0.349. The number of nitro groups is 1. The van der Waals surface area contributed by atoms with E-state index in [-0.39, 0.29) is 28.6 Å². The number of anilines is 1. The average Bonchev–Trinajstić information content (AvgIpc) is 3.29. The van der Waals surface area contributed by atoms with Crippen LogP contribution in [0.5, 0.6) is 0 Å². The SMILES string of the molecule is CC1CCN(S(=O)(=O)c2ccc3c(c2)C2C=CCC2C(c2ccc(Cl)c([N+](=O)[O-])c2)N3)CC1. The van der Waals surface area contributed by atoms with Crippen LogP contribution in [-0.4, -0.2) is 30.7 Å². The average molecular weight is 488 g/mol. The molecule has 0 amide bonds. The number of benzene rings is 2. The van der Waals surface area contributed by atoms with Gasteiger partial charge in [0.2, 0.25) is 10.0 Å². The molecule has 2 aromatic carbocycles. The van der Waals surface area contributed by atoms with Crippen molar-refractivity contribution in [1.82, 2.24) is 4.31 Å². The molecule has 2 aliphatic heterocycles. The minimum atomic E-state index is -3.54. The zero-order valence-electron chi connectivity index (χ0n) is 18.3. The summed E-state index contributed by atoms with van der Waals surface area (Å²) >= 11 is 6.02. The van der Waals surface area contributed by atoms with Crippen LogP contribution in [0.1, 0.15) is 49.3 Å². The van der Waals surface area contributed by atoms with Gasteiger partial charge in [-0.05, 0) is 66.5 Å². The highest BCUT2D eigenvalue weighted by Crippen LogP contribution is 2.50. The molecule has 2 heterocycles. The largest absolute Gasteiger partial charge is 0.378 e. The second-order valence-electron chi connectivity index (χ2n) is 9.28. The van der Waals surface area contributed by atoms with Crippen molar-refractivity contribution in [2.45, 2.75) is 43.0 Å². The molecule has 33 heavy (non-hydrogen) atoms. The molecule has 1 N–H and O–H groups in total. The van der Waals surface area contributed by atoms with E-state index in [4.69, 9.17) is 11.6 Å². The van der Waals surface area contributed by atoms with Crippen LogP contribution in [-0.2, 0) is 10.0 Å². The van der Waals surface area contributed by atoms with Crippen LogP contribution in [0.25, 0.3) is 0 Å². The lowest BCUT2D eigenvalue weighted by Crippen LogP contribution is -2.38. The fourth-order valence-corrected chi connectivity index (χ4v) is 6.99. The molecule has 2 aromatic rings. The Bertz CT molecular complexity index is 1240. The van der Waals surface area contributed by atoms with Crippen LogP contribution in [0.2, 0.25) is 5.02 Å². The molecule has 5 rings (SSSR count). The molecule has 1 aliphatic carbocycles. The number of nitrogens with zero attached hydrogens (tertiary/aromatic N) is 2. The smallest absolute Gasteiger partial charge is 0.288 e. The maximum absolute atomic E-state index is 13.3. The van der Waals surface area contributed by atoms with Crippen molar-refractivity contribution in [2.75, 3.05) is 18.4 Å². The van der Waals surface area contributed by atoms with E-state index in [0.717, 1.165) is 36.1 Å². The number of fused-ring (bicyclic) bond motifs is 3. The second kappa shape index (κ2) is 8.42. The predicted octanol–water partition coefficient (Wildman–Crippen LogP) is 5.50. The lowest BCUT2D eigenvalue weighted by molar-refractivity contribution is -0.384. The Morgan fingerprint density at radius 2 is 1.91 bits per heavy atom. The number of piperidine rings is 1. The molecule has 3 aliphatic rings. The molecule has 3 atom stereocenters. The minimum Gasteiger partial charge on any atom is -0.378 e. The minimum absolute atomic E-state index is 0.0394. The highest BCUT2D eigenvalue weighted by atomic mass is 35.5. The van der Waals surface area contributed by atoms with Crippen molar-refractivity contribution >= 4 is 33.0 Å². The van der Waals surface area contributed by atoms with E-state index in [1.54, 1.807) is 16.4 Å². The van der Waals surface area contributed by atoms with Gasteiger partial charge in [-0.25, -0.2) is 8.42 Å². The van der Waals surface area contributed by atoms with Crippen molar-refractivity contribution < 1.29 is 13.3 Å². The number of sulfonamides is 1. The van der Waals surface area contributed by atoms with Gasteiger partial charge < -0.3 is 5.32 Å². The molecule has 1 saturated heterocycles. The summed E-state index contributed by atoms with van der Waals surface area (Å²) in [5.74, 6) is 0.721. The third-order valence-electron chi connectivity index (χ3n) is 7.24. The van der Waals surface area contributed by atoms with Gasteiger partial charge in [0.1, 0.15) is 5.02 Å². The first-order valence-electron chi connectivity index (χ1n) is 11.3. The Labute approximate surface area is 198 Å². The predicted molar refractivity (Wildman–Crippen MR) is 128 cm³/mol. The number of allylic oxidation sites excluding steroid dienone is 2. The summed E-state index contributed by atoms with van der Waals surface area (Å²) < 4.78 is 28.2. The van der Waals surface area contributed by atoms with E-state index in [9.17, 15) is 18.5 Å². The van der Waals surface area contributed by atoms with Crippen molar-refractivity contribution in [2.24, 2.45) is 11.8 Å². The second-order valence-corrected chi connectivity index (χ2v) is 11.6. The molecule has 0 saturated carbocycles. The van der Waals surface area contributed by atoms with Crippen molar-refractivity contribution in [1.29, 1.82) is 0 Å². The molecule has 0 aromatic heterocycles. The number of hydrogen-bond acceptors (Lipinski definition) is 5. The highest BCUT2D eigenvalue weighted by Gasteiger charge is 2.39. The van der Waals surface area contributed by atoms with Gasteiger partial charge in [-0.3, -0.25) is 10.1 Å². The van der Waals surface area contributed by atoms with Gasteiger partial charge in [-0.1, -0.05) is 36.7 Å². The first-order chi connectivity index (χ1) is 15.8. The van der Waals surface area contributed by atoms with Gasteiger partial charge in [-0.2, -0.15) is 4.31 Å². The monoisotopic (exact) mass is 487 g/mol. The standard InChI is InChI=1S/C24H26ClN3O4S/c1-15-9-11-27(12-10-15)33(31,32)17-6-8-22-20(14-17)18-3-2-4-19(18)24(26-22)16-5-7-21(25)23(13-16)28(29)30/h2-3,5-8,13-15,18-19,24,26H,4,9-12H2,1H3. The van der Waals surface area contributed by atoms with Crippen LogP contribution in [0.3, 0.4) is 0 Å². The molecule has 0 bridgehead atoms. The summed E-state index contributed by atoms with van der Waals surface area (Å²) in [6, 6.07) is 10.1. The number of nitro benzene ring substituents is 1. The van der Waals surface area contributed by atoms with Crippen LogP contribution in [0.15, 0.2) is 53.4 Å². The summed E-state index contributed by atoms with van der Waals surface area (Å²) in [6.45, 7) is 3.28. The van der Waals surface area contributed by atoms with Crippen molar-refractivity contribution in [3.8, 4) is 0 Å². The summed E-state index contributed by atoms with van der Waals surface area (Å²) in [5, 5.41) is 15.0. The van der Waals surface area contributed by atoms with E-state index in [0.29, 0.717) is 23.9 Å². The number of rotatable bonds is 4. The fraction of sp³-hybridized carbons (Fsp3) is 0.417. The first-order valence-corrected chi connectivity index (χ1v) is 13.1. The number of nitrogens with one attached hydrogen (secondary N) is 1. The molecule has 9 heteroatoms. The van der Waals surface area contributed by atoms with Crippen LogP contribution in [0.4, 0.5) is 11.4 Å². The van der Waals surface area contributed by atoms with Crippen LogP contribution in [0, 0.1) is 22.0 Å². The van der Waals surface area contributed by atoms with Crippen LogP contribution < -0.4 is 5.32 Å². The molecule has 3 unspecified atom stereocenters. The van der Waals surface area contributed by atoms with Gasteiger partial charge in [-0.15, -0.1) is 0 Å². The molecule has 0 spiro atoms. The Kier molecular flexibility index (Phi) is 5.71. The van der Waals surface area contributed by atoms with Crippen LogP contribution >= 0.6 is 11.6 Å². The third-order valence-corrected chi connectivity index (χ3v) is 9.45. The summed E-state index contributed by atoms with van der Waals surface area (Å²) in [7, 11) is -3.54. The molecule has 0 radical (unpaired) electrons. The van der Waals surface area contributed by atoms with E-state index in [2.05, 4.69) is 24.4 Å². The van der Waals surface area contributed by atoms with E-state index >= 15 is 0 Å². The Morgan fingerprint density at radius 3 is 2.64 bits per heavy atom. The van der Waals surface area contributed by atoms with Crippen molar-refractivity contribution in [3.05, 3.63) is 74.8 Å². The Morgan fingerprint density at radius 1 is 1.15 bits per heavy atom. The maximum Gasteiger partial charge on any atom is 0.288 e. The molecule has 1 fully saturated rings. The lowest BCUT2D eigenvalue weighted by Gasteiger charge is -2.38. The summed E-state index contributed by atoms with van der Waals surface area (Å²) in [6.07, 6.45) is 6.80. The van der Waals surface area contributed by atoms with Gasteiger partial charge in [0.25, 0.3) is 5.69 Å². The highest BCUT2D eigenvalue weighted by molar-refractivity contribution is 7.89. The van der Waals surface area contributed by atoms with Gasteiger partial charge in [0.05, 0.1) is 15.9 Å². The molecule has 7 nitrogen and oxygen atoms in total. The van der Waals surface area contributed by atoms with E-state index < -0.39 is 14.9 Å². The summed E-state index contributed by atoms with van der Waals surface area (Å²) in [5.41, 5.74) is 2.51. The zero-order valence-corrected chi connectivity index (χ0v) is 19.8. The van der Waals surface area contributed by atoms with Crippen molar-refractivity contribution in [3.63, 3.8) is 0 Å². The van der Waals surface area contributed by atoms with Gasteiger partial charge in [0, 0.05) is 30.8 Å². The molecular formula is C24H26ClN3O4S. The third kappa shape index (κ3) is 3.94. The lowest BCUT2D eigenvalue weighted by atomic mass is 9.77.